The Morgan fingerprint density at radius 3 is 2.63 bits per heavy atom. The molecule has 1 aromatic rings. The zero-order valence-corrected chi connectivity index (χ0v) is 11.0. The summed E-state index contributed by atoms with van der Waals surface area (Å²) in [7, 11) is -3.86. The minimum atomic E-state index is -3.86. The summed E-state index contributed by atoms with van der Waals surface area (Å²) < 4.78 is 39.5. The van der Waals surface area contributed by atoms with Gasteiger partial charge in [-0.15, -0.1) is 0 Å². The van der Waals surface area contributed by atoms with Gasteiger partial charge in [-0.1, -0.05) is 6.92 Å². The second-order valence-electron chi connectivity index (χ2n) is 3.84. The van der Waals surface area contributed by atoms with Crippen molar-refractivity contribution in [2.75, 3.05) is 0 Å². The quantitative estimate of drug-likeness (QED) is 0.888. The summed E-state index contributed by atoms with van der Waals surface area (Å²) in [6.07, 6.45) is 0.501. The molecule has 1 atom stereocenters. The van der Waals surface area contributed by atoms with Crippen LogP contribution in [0, 0.1) is 28.5 Å². The molecule has 0 radical (unpaired) electrons. The predicted molar refractivity (Wildman–Crippen MR) is 65.7 cm³/mol. The monoisotopic (exact) mass is 281 g/mol. The van der Waals surface area contributed by atoms with Crippen molar-refractivity contribution in [2.24, 2.45) is 0 Å². The summed E-state index contributed by atoms with van der Waals surface area (Å²) in [5.74, 6) is -0.773. The molecule has 0 aromatic heterocycles. The van der Waals surface area contributed by atoms with Crippen molar-refractivity contribution in [3.63, 3.8) is 0 Å². The van der Waals surface area contributed by atoms with Crippen LogP contribution in [0.15, 0.2) is 23.1 Å². The Morgan fingerprint density at radius 1 is 1.42 bits per heavy atom. The van der Waals surface area contributed by atoms with Gasteiger partial charge in [0.2, 0.25) is 10.0 Å². The van der Waals surface area contributed by atoms with Gasteiger partial charge in [-0.25, -0.2) is 17.5 Å². The van der Waals surface area contributed by atoms with Crippen molar-refractivity contribution >= 4 is 10.0 Å². The SMILES string of the molecule is CCC(CC#N)NS(=O)(=O)c1ccc(F)c(C#N)c1. The van der Waals surface area contributed by atoms with Crippen LogP contribution in [-0.2, 0) is 10.0 Å². The highest BCUT2D eigenvalue weighted by molar-refractivity contribution is 7.89. The van der Waals surface area contributed by atoms with E-state index in [0.717, 1.165) is 18.2 Å². The van der Waals surface area contributed by atoms with E-state index in [9.17, 15) is 12.8 Å². The van der Waals surface area contributed by atoms with E-state index in [0.29, 0.717) is 6.42 Å². The summed E-state index contributed by atoms with van der Waals surface area (Å²) in [5.41, 5.74) is -0.337. The van der Waals surface area contributed by atoms with Gasteiger partial charge >= 0.3 is 0 Å². The van der Waals surface area contributed by atoms with E-state index in [1.807, 2.05) is 6.07 Å². The first kappa shape index (κ1) is 15.1. The normalized spacial score (nSPS) is 12.4. The topological polar surface area (TPSA) is 93.8 Å². The fraction of sp³-hybridized carbons (Fsp3) is 0.333. The predicted octanol–water partition coefficient (Wildman–Crippen LogP) is 1.67. The molecule has 7 heteroatoms. The van der Waals surface area contributed by atoms with Crippen LogP contribution in [0.3, 0.4) is 0 Å². The van der Waals surface area contributed by atoms with Crippen molar-refractivity contribution < 1.29 is 12.8 Å². The van der Waals surface area contributed by atoms with Crippen LogP contribution in [-0.4, -0.2) is 14.5 Å². The average Bonchev–Trinajstić information content (AvgIpc) is 2.38. The third-order valence-electron chi connectivity index (χ3n) is 2.52. The molecular weight excluding hydrogens is 269 g/mol. The highest BCUT2D eigenvalue weighted by atomic mass is 32.2. The van der Waals surface area contributed by atoms with E-state index in [2.05, 4.69) is 4.72 Å². The number of sulfonamides is 1. The molecule has 1 aromatic carbocycles. The van der Waals surface area contributed by atoms with Gasteiger partial charge in [0.05, 0.1) is 22.9 Å². The maximum atomic E-state index is 13.1. The Bertz CT molecular complexity index is 644. The van der Waals surface area contributed by atoms with Gasteiger partial charge in [-0.3, -0.25) is 0 Å². The first-order chi connectivity index (χ1) is 8.94. The van der Waals surface area contributed by atoms with E-state index in [1.165, 1.54) is 0 Å². The molecule has 0 aliphatic rings. The van der Waals surface area contributed by atoms with Crippen LogP contribution in [0.2, 0.25) is 0 Å². The second-order valence-corrected chi connectivity index (χ2v) is 5.56. The fourth-order valence-electron chi connectivity index (χ4n) is 1.42. The van der Waals surface area contributed by atoms with E-state index < -0.39 is 21.9 Å². The van der Waals surface area contributed by atoms with Gasteiger partial charge in [-0.05, 0) is 24.6 Å². The molecule has 1 rings (SSSR count). The van der Waals surface area contributed by atoms with Gasteiger partial charge in [0.15, 0.2) is 0 Å². The lowest BCUT2D eigenvalue weighted by Crippen LogP contribution is -2.34. The number of rotatable bonds is 5. The molecule has 100 valence electrons. The van der Waals surface area contributed by atoms with Crippen molar-refractivity contribution in [3.8, 4) is 12.1 Å². The zero-order chi connectivity index (χ0) is 14.5. The van der Waals surface area contributed by atoms with Gasteiger partial charge in [0, 0.05) is 6.04 Å². The molecule has 19 heavy (non-hydrogen) atoms. The number of nitrogens with one attached hydrogen (secondary N) is 1. The summed E-state index contributed by atoms with van der Waals surface area (Å²) in [4.78, 5) is -0.193. The maximum Gasteiger partial charge on any atom is 0.240 e. The van der Waals surface area contributed by atoms with Gasteiger partial charge in [0.1, 0.15) is 11.9 Å². The smallest absolute Gasteiger partial charge is 0.207 e. The average molecular weight is 281 g/mol. The van der Waals surface area contributed by atoms with Crippen LogP contribution in [0.1, 0.15) is 25.3 Å². The highest BCUT2D eigenvalue weighted by Gasteiger charge is 2.20. The zero-order valence-electron chi connectivity index (χ0n) is 10.2. The summed E-state index contributed by atoms with van der Waals surface area (Å²) in [6.45, 7) is 1.75. The first-order valence-corrected chi connectivity index (χ1v) is 7.01. The van der Waals surface area contributed by atoms with Crippen molar-refractivity contribution in [1.29, 1.82) is 10.5 Å². The van der Waals surface area contributed by atoms with E-state index in [-0.39, 0.29) is 16.9 Å². The number of halogens is 1. The first-order valence-electron chi connectivity index (χ1n) is 5.53. The van der Waals surface area contributed by atoms with Gasteiger partial charge in [-0.2, -0.15) is 10.5 Å². The van der Waals surface area contributed by atoms with Crippen LogP contribution in [0.5, 0.6) is 0 Å². The highest BCUT2D eigenvalue weighted by Crippen LogP contribution is 2.15. The van der Waals surface area contributed by atoms with Crippen molar-refractivity contribution in [3.05, 3.63) is 29.6 Å². The Labute approximate surface area is 111 Å². The van der Waals surface area contributed by atoms with Crippen LogP contribution >= 0.6 is 0 Å². The lowest BCUT2D eigenvalue weighted by Gasteiger charge is -2.14. The Kier molecular flexibility index (Phi) is 4.99. The lowest BCUT2D eigenvalue weighted by molar-refractivity contribution is 0.542. The molecule has 0 fully saturated rings. The maximum absolute atomic E-state index is 13.1. The van der Waals surface area contributed by atoms with Crippen molar-refractivity contribution in [2.45, 2.75) is 30.7 Å². The molecular formula is C12H12FN3O2S. The van der Waals surface area contributed by atoms with Crippen LogP contribution < -0.4 is 4.72 Å². The molecule has 0 amide bonds. The molecule has 0 saturated heterocycles. The summed E-state index contributed by atoms with van der Waals surface area (Å²) in [5, 5.41) is 17.2. The van der Waals surface area contributed by atoms with Crippen LogP contribution in [0.4, 0.5) is 4.39 Å². The van der Waals surface area contributed by atoms with E-state index in [1.54, 1.807) is 13.0 Å². The minimum absolute atomic E-state index is 0.0437. The number of benzene rings is 1. The molecule has 0 aliphatic carbocycles. The number of hydrogen-bond donors (Lipinski definition) is 1. The molecule has 0 saturated carbocycles. The number of nitriles is 2. The number of nitrogens with zero attached hydrogens (tertiary/aromatic N) is 2. The van der Waals surface area contributed by atoms with E-state index >= 15 is 0 Å². The van der Waals surface area contributed by atoms with Gasteiger partial charge < -0.3 is 0 Å². The molecule has 0 bridgehead atoms. The third kappa shape index (κ3) is 3.75. The standard InChI is InChI=1S/C12H12FN3O2S/c1-2-10(5-6-14)16-19(17,18)11-3-4-12(13)9(7-11)8-15/h3-4,7,10,16H,2,5H2,1H3. The molecule has 0 heterocycles. The molecule has 0 aliphatic heterocycles. The summed E-state index contributed by atoms with van der Waals surface area (Å²) >= 11 is 0. The molecule has 1 N–H and O–H groups in total. The largest absolute Gasteiger partial charge is 0.240 e. The van der Waals surface area contributed by atoms with Gasteiger partial charge in [0.25, 0.3) is 0 Å². The third-order valence-corrected chi connectivity index (χ3v) is 4.04. The lowest BCUT2D eigenvalue weighted by atomic mass is 10.2. The Morgan fingerprint density at radius 2 is 2.11 bits per heavy atom. The Balaban J connectivity index is 3.08. The Hall–Kier alpha value is -1.96. The number of hydrogen-bond acceptors (Lipinski definition) is 4. The van der Waals surface area contributed by atoms with Crippen LogP contribution in [0.25, 0.3) is 0 Å². The summed E-state index contributed by atoms with van der Waals surface area (Å²) in [6, 6.07) is 5.94. The molecule has 5 nitrogen and oxygen atoms in total. The van der Waals surface area contributed by atoms with E-state index in [4.69, 9.17) is 10.5 Å². The molecule has 0 spiro atoms. The fourth-order valence-corrected chi connectivity index (χ4v) is 2.77. The second kappa shape index (κ2) is 6.28. The molecule has 1 unspecified atom stereocenters. The minimum Gasteiger partial charge on any atom is -0.207 e. The van der Waals surface area contributed by atoms with Crippen molar-refractivity contribution in [1.82, 2.24) is 4.72 Å².